The molecule has 0 heterocycles. The number of hydrogen-bond donors (Lipinski definition) is 0. The Hall–Kier alpha value is 0.103. The van der Waals surface area contributed by atoms with E-state index in [2.05, 4.69) is 26.3 Å². The molecule has 5 heavy (non-hydrogen) atoms. The van der Waals surface area contributed by atoms with Gasteiger partial charge in [0.1, 0.15) is 0 Å². The molecule has 0 atom stereocenters. The average molecular weight is 159 g/mol. The van der Waals surface area contributed by atoms with E-state index < -0.39 is 0 Å². The molecule has 0 unspecified atom stereocenters. The van der Waals surface area contributed by atoms with Gasteiger partial charge >= 0.3 is 0 Å². The van der Waals surface area contributed by atoms with Crippen LogP contribution >= 0.6 is 0 Å². The predicted molar refractivity (Wildman–Crippen MR) is 22.5 cm³/mol. The van der Waals surface area contributed by atoms with Gasteiger partial charge in [-0.25, -0.2) is 0 Å². The molecule has 0 N–H and O–H groups in total. The third-order valence-electron chi connectivity index (χ3n) is 0. The van der Waals surface area contributed by atoms with Crippen molar-refractivity contribution in [2.45, 2.75) is 0 Å². The molecular formula is C4H8Rh. The van der Waals surface area contributed by atoms with Crippen molar-refractivity contribution in [3.63, 3.8) is 0 Å². The zero-order valence-electron chi connectivity index (χ0n) is 3.16. The van der Waals surface area contributed by atoms with E-state index in [1.54, 1.807) is 0 Å². The maximum atomic E-state index is 3.00. The molecule has 0 aromatic carbocycles. The van der Waals surface area contributed by atoms with Crippen LogP contribution in [0, 0.1) is 0 Å². The topological polar surface area (TPSA) is 0 Å². The van der Waals surface area contributed by atoms with Crippen LogP contribution in [0.15, 0.2) is 26.3 Å². The maximum absolute atomic E-state index is 3.00. The summed E-state index contributed by atoms with van der Waals surface area (Å²) in [6, 6.07) is 0. The van der Waals surface area contributed by atoms with Crippen LogP contribution in [0.5, 0.6) is 0 Å². The van der Waals surface area contributed by atoms with Gasteiger partial charge < -0.3 is 0 Å². The first-order chi connectivity index (χ1) is 2.00. The van der Waals surface area contributed by atoms with Crippen molar-refractivity contribution >= 4 is 0 Å². The zero-order valence-corrected chi connectivity index (χ0v) is 4.80. The second-order valence-corrected chi connectivity index (χ2v) is 0. The summed E-state index contributed by atoms with van der Waals surface area (Å²) in [4.78, 5) is 0. The Bertz CT molecular complexity index is 5.61. The molecular weight excluding hydrogens is 151 g/mol. The zero-order chi connectivity index (χ0) is 4.00. The maximum Gasteiger partial charge on any atom is 0 e. The second kappa shape index (κ2) is 3700. The summed E-state index contributed by atoms with van der Waals surface area (Å²) in [6.07, 6.45) is 0. The Balaban J connectivity index is -0.0000000133. The standard InChI is InChI=1S/2C2H4.Rh/c2*1-2;/h2*1-2H2;. The Morgan fingerprint density at radius 1 is 0.600 bits per heavy atom. The first kappa shape index (κ1) is 19.4. The van der Waals surface area contributed by atoms with Crippen LogP contribution in [0.1, 0.15) is 0 Å². The van der Waals surface area contributed by atoms with E-state index in [-0.39, 0.29) is 19.5 Å². The molecule has 33 valence electrons. The van der Waals surface area contributed by atoms with Gasteiger partial charge in [-0.2, -0.15) is 0 Å². The van der Waals surface area contributed by atoms with Crippen LogP contribution in [0.3, 0.4) is 0 Å². The molecule has 0 saturated carbocycles. The summed E-state index contributed by atoms with van der Waals surface area (Å²) in [5.74, 6) is 0. The molecule has 0 aromatic heterocycles. The van der Waals surface area contributed by atoms with Crippen molar-refractivity contribution in [3.05, 3.63) is 26.3 Å². The quantitative estimate of drug-likeness (QED) is 0.372. The second-order valence-electron chi connectivity index (χ2n) is 0. The van der Waals surface area contributed by atoms with Gasteiger partial charge in [-0.15, -0.1) is 26.3 Å². The molecule has 0 amide bonds. The molecule has 0 fully saturated rings. The molecule has 0 spiro atoms. The normalized spacial score (nSPS) is 1.60. The van der Waals surface area contributed by atoms with Gasteiger partial charge in [0.15, 0.2) is 0 Å². The van der Waals surface area contributed by atoms with Gasteiger partial charge in [-0.1, -0.05) is 0 Å². The van der Waals surface area contributed by atoms with Crippen LogP contribution in [0.4, 0.5) is 0 Å². The Kier molecular flexibility index (Phi) is 14400. The van der Waals surface area contributed by atoms with Crippen molar-refractivity contribution in [2.24, 2.45) is 0 Å². The first-order valence-electron chi connectivity index (χ1n) is 1.000. The molecule has 1 radical (unpaired) electrons. The number of hydrogen-bond acceptors (Lipinski definition) is 0. The minimum absolute atomic E-state index is 0. The van der Waals surface area contributed by atoms with E-state index in [0.29, 0.717) is 0 Å². The summed E-state index contributed by atoms with van der Waals surface area (Å²) in [5.41, 5.74) is 0. The third kappa shape index (κ3) is 1700. The molecule has 0 rings (SSSR count). The average Bonchev–Trinajstić information content (AvgIpc) is 1.50. The fourth-order valence-corrected chi connectivity index (χ4v) is 0. The van der Waals surface area contributed by atoms with Crippen LogP contribution in [0.25, 0.3) is 0 Å². The summed E-state index contributed by atoms with van der Waals surface area (Å²) in [5, 5.41) is 0. The molecule has 0 bridgehead atoms. The van der Waals surface area contributed by atoms with E-state index in [1.165, 1.54) is 0 Å². The molecule has 0 aliphatic rings. The van der Waals surface area contributed by atoms with E-state index >= 15 is 0 Å². The van der Waals surface area contributed by atoms with Crippen LogP contribution in [-0.2, 0) is 19.5 Å². The van der Waals surface area contributed by atoms with E-state index in [4.69, 9.17) is 0 Å². The van der Waals surface area contributed by atoms with Gasteiger partial charge in [0.2, 0.25) is 0 Å². The van der Waals surface area contributed by atoms with E-state index in [1.807, 2.05) is 0 Å². The van der Waals surface area contributed by atoms with Crippen LogP contribution in [-0.4, -0.2) is 0 Å². The summed E-state index contributed by atoms with van der Waals surface area (Å²) in [6.45, 7) is 12.0. The van der Waals surface area contributed by atoms with E-state index in [0.717, 1.165) is 0 Å². The van der Waals surface area contributed by atoms with Crippen molar-refractivity contribution in [1.82, 2.24) is 0 Å². The monoisotopic (exact) mass is 159 g/mol. The first-order valence-corrected chi connectivity index (χ1v) is 1.000. The molecule has 0 saturated heterocycles. The van der Waals surface area contributed by atoms with Crippen LogP contribution in [0.2, 0.25) is 0 Å². The Morgan fingerprint density at radius 3 is 0.600 bits per heavy atom. The van der Waals surface area contributed by atoms with Crippen LogP contribution < -0.4 is 0 Å². The van der Waals surface area contributed by atoms with Crippen molar-refractivity contribution in [1.29, 1.82) is 0 Å². The van der Waals surface area contributed by atoms with Gasteiger partial charge in [-0.3, -0.25) is 0 Å². The summed E-state index contributed by atoms with van der Waals surface area (Å²) in [7, 11) is 0. The van der Waals surface area contributed by atoms with Gasteiger partial charge in [0, 0.05) is 19.5 Å². The van der Waals surface area contributed by atoms with E-state index in [9.17, 15) is 0 Å². The van der Waals surface area contributed by atoms with Gasteiger partial charge in [0.25, 0.3) is 0 Å². The molecule has 0 nitrogen and oxygen atoms in total. The molecule has 1 heteroatoms. The summed E-state index contributed by atoms with van der Waals surface area (Å²) < 4.78 is 0. The molecule has 0 aliphatic heterocycles. The number of rotatable bonds is 0. The third-order valence-corrected chi connectivity index (χ3v) is 0. The molecule has 0 aliphatic carbocycles. The Morgan fingerprint density at radius 2 is 0.600 bits per heavy atom. The SMILES string of the molecule is C=C.C=C.[Rh]. The minimum atomic E-state index is 0. The fourth-order valence-electron chi connectivity index (χ4n) is 0. The molecule has 0 aromatic rings. The minimum Gasteiger partial charge on any atom is -0.106 e. The predicted octanol–water partition coefficient (Wildman–Crippen LogP) is 1.60. The fraction of sp³-hybridized carbons (Fsp3) is 0. The largest absolute Gasteiger partial charge is 0.106 e. The summed E-state index contributed by atoms with van der Waals surface area (Å²) >= 11 is 0. The van der Waals surface area contributed by atoms with Gasteiger partial charge in [0.05, 0.1) is 0 Å². The smallest absolute Gasteiger partial charge is 0 e. The van der Waals surface area contributed by atoms with Gasteiger partial charge in [-0.05, 0) is 0 Å². The van der Waals surface area contributed by atoms with Crippen molar-refractivity contribution in [2.75, 3.05) is 0 Å². The van der Waals surface area contributed by atoms with Crippen molar-refractivity contribution in [3.8, 4) is 0 Å². The Labute approximate surface area is 46.3 Å². The van der Waals surface area contributed by atoms with Crippen molar-refractivity contribution < 1.29 is 19.5 Å².